The van der Waals surface area contributed by atoms with E-state index >= 15 is 0 Å². The molecule has 2 atom stereocenters. The average molecular weight is 471 g/mol. The van der Waals surface area contributed by atoms with Gasteiger partial charge in [0.15, 0.2) is 5.96 Å². The van der Waals surface area contributed by atoms with Gasteiger partial charge in [-0.3, -0.25) is 9.20 Å². The van der Waals surface area contributed by atoms with Crippen LogP contribution in [0.3, 0.4) is 0 Å². The van der Waals surface area contributed by atoms with E-state index in [0.717, 1.165) is 17.4 Å². The van der Waals surface area contributed by atoms with E-state index in [4.69, 9.17) is 0 Å². The van der Waals surface area contributed by atoms with E-state index in [0.29, 0.717) is 18.2 Å². The Morgan fingerprint density at radius 3 is 2.24 bits per heavy atom. The van der Waals surface area contributed by atoms with Gasteiger partial charge in [-0.05, 0) is 23.6 Å². The largest absolute Gasteiger partial charge is 0.356 e. The van der Waals surface area contributed by atoms with Crippen molar-refractivity contribution in [2.24, 2.45) is 4.99 Å². The fraction of sp³-hybridized carbons (Fsp3) is 0.316. The van der Waals surface area contributed by atoms with Crippen LogP contribution < -0.4 is 10.6 Å². The van der Waals surface area contributed by atoms with Crippen LogP contribution in [-0.2, 0) is 10.8 Å². The molecule has 0 heterocycles. The number of guanidine groups is 1. The van der Waals surface area contributed by atoms with E-state index in [1.165, 1.54) is 5.56 Å². The number of aliphatic imine (C=N–C) groups is 1. The van der Waals surface area contributed by atoms with Crippen LogP contribution >= 0.6 is 24.0 Å². The van der Waals surface area contributed by atoms with Crippen molar-refractivity contribution in [3.8, 4) is 0 Å². The molecule has 2 unspecified atom stereocenters. The molecule has 0 bridgehead atoms. The predicted molar refractivity (Wildman–Crippen MR) is 117 cm³/mol. The highest BCUT2D eigenvalue weighted by molar-refractivity contribution is 14.0. The fourth-order valence-corrected chi connectivity index (χ4v) is 3.31. The normalized spacial score (nSPS) is 13.4. The quantitative estimate of drug-likeness (QED) is 0.370. The Bertz CT molecular complexity index is 665. The number of hydrogen-bond acceptors (Lipinski definition) is 2. The molecular weight excluding hydrogens is 445 g/mol. The third kappa shape index (κ3) is 7.56. The molecule has 2 rings (SSSR count). The first-order valence-electron chi connectivity index (χ1n) is 8.13. The molecule has 0 aliphatic rings. The Hall–Kier alpha value is -1.41. The predicted octanol–water partition coefficient (Wildman–Crippen LogP) is 3.38. The minimum absolute atomic E-state index is 0. The van der Waals surface area contributed by atoms with Crippen molar-refractivity contribution in [3.05, 3.63) is 66.2 Å². The summed E-state index contributed by atoms with van der Waals surface area (Å²) in [5, 5.41) is 6.54. The molecule has 25 heavy (non-hydrogen) atoms. The van der Waals surface area contributed by atoms with Crippen molar-refractivity contribution in [2.75, 3.05) is 25.9 Å². The number of nitrogens with one attached hydrogen (secondary N) is 2. The van der Waals surface area contributed by atoms with Gasteiger partial charge in [0.05, 0.1) is 10.8 Å². The highest BCUT2D eigenvalue weighted by Gasteiger charge is 2.07. The monoisotopic (exact) mass is 471 g/mol. The third-order valence-electron chi connectivity index (χ3n) is 3.75. The minimum Gasteiger partial charge on any atom is -0.356 e. The van der Waals surface area contributed by atoms with Crippen LogP contribution in [0.2, 0.25) is 0 Å². The highest BCUT2D eigenvalue weighted by Crippen LogP contribution is 2.12. The molecule has 0 aromatic heterocycles. The van der Waals surface area contributed by atoms with Crippen LogP contribution in [0.25, 0.3) is 0 Å². The van der Waals surface area contributed by atoms with Crippen LogP contribution in [-0.4, -0.2) is 36.1 Å². The third-order valence-corrected chi connectivity index (χ3v) is 5.13. The van der Waals surface area contributed by atoms with Gasteiger partial charge in [-0.15, -0.1) is 24.0 Å². The van der Waals surface area contributed by atoms with Gasteiger partial charge in [0.2, 0.25) is 0 Å². The van der Waals surface area contributed by atoms with Crippen LogP contribution in [0.15, 0.2) is 70.6 Å². The van der Waals surface area contributed by atoms with E-state index in [9.17, 15) is 4.21 Å². The molecule has 0 saturated carbocycles. The summed E-state index contributed by atoms with van der Waals surface area (Å²) in [5.41, 5.74) is 1.30. The van der Waals surface area contributed by atoms with E-state index in [-0.39, 0.29) is 24.0 Å². The molecule has 2 N–H and O–H groups in total. The van der Waals surface area contributed by atoms with E-state index in [1.807, 2.05) is 36.4 Å². The first-order valence-corrected chi connectivity index (χ1v) is 9.45. The standard InChI is InChI=1S/C19H25N3OS.HI/c1-16(17-9-5-3-6-10-17)15-22-19(20-2)21-13-14-24(23)18-11-7-4-8-12-18;/h3-12,16H,13-15H2,1-2H3,(H2,20,21,22);1H. The molecule has 0 aliphatic heterocycles. The van der Waals surface area contributed by atoms with Crippen molar-refractivity contribution < 1.29 is 4.21 Å². The topological polar surface area (TPSA) is 53.5 Å². The van der Waals surface area contributed by atoms with Gasteiger partial charge in [0.25, 0.3) is 0 Å². The van der Waals surface area contributed by atoms with Crippen LogP contribution in [0.1, 0.15) is 18.4 Å². The first-order chi connectivity index (χ1) is 11.7. The van der Waals surface area contributed by atoms with Gasteiger partial charge in [-0.2, -0.15) is 0 Å². The molecule has 4 nitrogen and oxygen atoms in total. The summed E-state index contributed by atoms with van der Waals surface area (Å²) in [4.78, 5) is 5.08. The van der Waals surface area contributed by atoms with Crippen molar-refractivity contribution >= 4 is 40.7 Å². The maximum absolute atomic E-state index is 12.2. The second-order valence-electron chi connectivity index (χ2n) is 5.55. The Balaban J connectivity index is 0.00000312. The molecular formula is C19H26IN3OS. The minimum atomic E-state index is -0.990. The summed E-state index contributed by atoms with van der Waals surface area (Å²) in [7, 11) is 0.757. The van der Waals surface area contributed by atoms with Crippen molar-refractivity contribution in [3.63, 3.8) is 0 Å². The zero-order valence-corrected chi connectivity index (χ0v) is 17.8. The second kappa shape index (κ2) is 12.0. The zero-order chi connectivity index (χ0) is 17.2. The Morgan fingerprint density at radius 1 is 1.04 bits per heavy atom. The lowest BCUT2D eigenvalue weighted by atomic mass is 10.0. The maximum atomic E-state index is 12.2. The SMILES string of the molecule is CN=C(NCCS(=O)c1ccccc1)NCC(C)c1ccccc1.I. The summed E-state index contributed by atoms with van der Waals surface area (Å²) in [6, 6.07) is 19.9. The lowest BCUT2D eigenvalue weighted by Gasteiger charge is -2.16. The smallest absolute Gasteiger partial charge is 0.191 e. The number of nitrogens with zero attached hydrogens (tertiary/aromatic N) is 1. The molecule has 0 spiro atoms. The lowest BCUT2D eigenvalue weighted by Crippen LogP contribution is -2.40. The summed E-state index contributed by atoms with van der Waals surface area (Å²) in [6.45, 7) is 3.59. The number of hydrogen-bond donors (Lipinski definition) is 2. The summed E-state index contributed by atoms with van der Waals surface area (Å²) < 4.78 is 12.2. The van der Waals surface area contributed by atoms with E-state index in [2.05, 4.69) is 46.8 Å². The van der Waals surface area contributed by atoms with Gasteiger partial charge in [0, 0.05) is 30.8 Å². The molecule has 2 aromatic rings. The highest BCUT2D eigenvalue weighted by atomic mass is 127. The van der Waals surface area contributed by atoms with E-state index < -0.39 is 10.8 Å². The van der Waals surface area contributed by atoms with Crippen LogP contribution in [0.4, 0.5) is 0 Å². The van der Waals surface area contributed by atoms with Crippen LogP contribution in [0, 0.1) is 0 Å². The zero-order valence-electron chi connectivity index (χ0n) is 14.6. The molecule has 0 amide bonds. The molecule has 136 valence electrons. The summed E-state index contributed by atoms with van der Waals surface area (Å²) >= 11 is 0. The Labute approximate surface area is 170 Å². The summed E-state index contributed by atoms with van der Waals surface area (Å²) in [5.74, 6) is 1.69. The molecule has 2 aromatic carbocycles. The number of halogens is 1. The van der Waals surface area contributed by atoms with Gasteiger partial charge < -0.3 is 10.6 Å². The van der Waals surface area contributed by atoms with Crippen molar-refractivity contribution in [1.82, 2.24) is 10.6 Å². The van der Waals surface area contributed by atoms with Crippen molar-refractivity contribution in [2.45, 2.75) is 17.7 Å². The van der Waals surface area contributed by atoms with Gasteiger partial charge in [-0.1, -0.05) is 55.5 Å². The van der Waals surface area contributed by atoms with Gasteiger partial charge >= 0.3 is 0 Å². The second-order valence-corrected chi connectivity index (χ2v) is 7.13. The van der Waals surface area contributed by atoms with Gasteiger partial charge in [0.1, 0.15) is 0 Å². The van der Waals surface area contributed by atoms with Crippen molar-refractivity contribution in [1.29, 1.82) is 0 Å². The number of benzene rings is 2. The number of rotatable bonds is 7. The molecule has 6 heteroatoms. The van der Waals surface area contributed by atoms with Gasteiger partial charge in [-0.25, -0.2) is 0 Å². The Kier molecular flexibility index (Phi) is 10.4. The first kappa shape index (κ1) is 21.6. The maximum Gasteiger partial charge on any atom is 0.191 e. The Morgan fingerprint density at radius 2 is 1.64 bits per heavy atom. The molecule has 0 fully saturated rings. The molecule has 0 aliphatic carbocycles. The average Bonchev–Trinajstić information content (AvgIpc) is 2.65. The fourth-order valence-electron chi connectivity index (χ4n) is 2.32. The molecule has 0 saturated heterocycles. The van der Waals surface area contributed by atoms with E-state index in [1.54, 1.807) is 7.05 Å². The lowest BCUT2D eigenvalue weighted by molar-refractivity contribution is 0.679. The van der Waals surface area contributed by atoms with Crippen LogP contribution in [0.5, 0.6) is 0 Å². The summed E-state index contributed by atoms with van der Waals surface area (Å²) in [6.07, 6.45) is 0. The molecule has 0 radical (unpaired) electrons.